The molecule has 0 saturated heterocycles. The van der Waals surface area contributed by atoms with E-state index < -0.39 is 33.2 Å². The lowest BCUT2D eigenvalue weighted by molar-refractivity contribution is -0.120. The molecular formula is C11H16FN3O3S. The van der Waals surface area contributed by atoms with Crippen molar-refractivity contribution in [3.05, 3.63) is 23.5 Å². The number of nitrogens with two attached hydrogens (primary N) is 1. The Morgan fingerprint density at radius 2 is 2.05 bits per heavy atom. The number of nitrogens with one attached hydrogen (secondary N) is 1. The number of hydrogen-bond donors (Lipinski definition) is 2. The molecule has 6 nitrogen and oxygen atoms in total. The zero-order valence-corrected chi connectivity index (χ0v) is 11.7. The van der Waals surface area contributed by atoms with Crippen LogP contribution >= 0.6 is 0 Å². The summed E-state index contributed by atoms with van der Waals surface area (Å²) in [7, 11) is -1.52. The van der Waals surface area contributed by atoms with Crippen LogP contribution in [0.2, 0.25) is 0 Å². The van der Waals surface area contributed by atoms with E-state index in [0.29, 0.717) is 0 Å². The van der Waals surface area contributed by atoms with Crippen molar-refractivity contribution in [2.24, 2.45) is 0 Å². The maximum absolute atomic E-state index is 13.9. The monoisotopic (exact) mass is 289 g/mol. The fraction of sp³-hybridized carbons (Fsp3) is 0.364. The van der Waals surface area contributed by atoms with E-state index in [1.807, 2.05) is 0 Å². The van der Waals surface area contributed by atoms with Gasteiger partial charge in [-0.05, 0) is 24.6 Å². The van der Waals surface area contributed by atoms with Crippen LogP contribution in [0, 0.1) is 12.7 Å². The van der Waals surface area contributed by atoms with E-state index in [-0.39, 0.29) is 11.3 Å². The summed E-state index contributed by atoms with van der Waals surface area (Å²) in [6.07, 6.45) is 0. The van der Waals surface area contributed by atoms with Crippen LogP contribution in [-0.4, -0.2) is 39.3 Å². The highest BCUT2D eigenvalue weighted by Crippen LogP contribution is 2.23. The first-order valence-corrected chi connectivity index (χ1v) is 6.86. The number of nitrogen functional groups attached to an aromatic ring is 1. The maximum atomic E-state index is 13.9. The molecule has 0 aliphatic rings. The average molecular weight is 289 g/mol. The molecule has 0 aromatic heterocycles. The van der Waals surface area contributed by atoms with Crippen molar-refractivity contribution < 1.29 is 17.6 Å². The number of nitrogens with zero attached hydrogens (tertiary/aromatic N) is 1. The molecule has 0 aliphatic heterocycles. The number of rotatable bonds is 4. The number of hydrogen-bond acceptors (Lipinski definition) is 4. The van der Waals surface area contributed by atoms with E-state index in [2.05, 4.69) is 5.32 Å². The Balaban J connectivity index is 3.24. The molecule has 0 bridgehead atoms. The fourth-order valence-electron chi connectivity index (χ4n) is 1.49. The molecule has 0 atom stereocenters. The van der Waals surface area contributed by atoms with Crippen LogP contribution in [0.15, 0.2) is 17.0 Å². The van der Waals surface area contributed by atoms with Gasteiger partial charge in [-0.25, -0.2) is 12.8 Å². The number of halogens is 1. The summed E-state index contributed by atoms with van der Waals surface area (Å²) in [5.41, 5.74) is 5.80. The SMILES string of the molecule is CNC(=O)CN(C)S(=O)(=O)c1cc(N)cc(C)c1F. The topological polar surface area (TPSA) is 92.5 Å². The molecule has 0 unspecified atom stereocenters. The number of sulfonamides is 1. The molecule has 0 heterocycles. The lowest BCUT2D eigenvalue weighted by Gasteiger charge is -2.17. The zero-order valence-electron chi connectivity index (χ0n) is 10.9. The summed E-state index contributed by atoms with van der Waals surface area (Å²) in [5, 5.41) is 2.29. The van der Waals surface area contributed by atoms with Crippen molar-refractivity contribution >= 4 is 21.6 Å². The summed E-state index contributed by atoms with van der Waals surface area (Å²) < 4.78 is 39.0. The van der Waals surface area contributed by atoms with E-state index in [9.17, 15) is 17.6 Å². The lowest BCUT2D eigenvalue weighted by atomic mass is 10.2. The Morgan fingerprint density at radius 1 is 1.47 bits per heavy atom. The molecule has 0 aliphatic carbocycles. The highest BCUT2D eigenvalue weighted by Gasteiger charge is 2.27. The average Bonchev–Trinajstić information content (AvgIpc) is 2.33. The third-order valence-corrected chi connectivity index (χ3v) is 4.38. The Morgan fingerprint density at radius 3 is 2.58 bits per heavy atom. The minimum absolute atomic E-state index is 0.131. The number of benzene rings is 1. The van der Waals surface area contributed by atoms with Crippen LogP contribution in [-0.2, 0) is 14.8 Å². The smallest absolute Gasteiger partial charge is 0.246 e. The molecule has 8 heteroatoms. The number of anilines is 1. The van der Waals surface area contributed by atoms with Gasteiger partial charge in [0.15, 0.2) is 0 Å². The Labute approximate surface area is 111 Å². The second-order valence-corrected chi connectivity index (χ2v) is 6.10. The van der Waals surface area contributed by atoms with Crippen LogP contribution in [0.5, 0.6) is 0 Å². The minimum Gasteiger partial charge on any atom is -0.399 e. The number of carbonyl (C=O) groups is 1. The van der Waals surface area contributed by atoms with Crippen molar-refractivity contribution in [1.82, 2.24) is 9.62 Å². The van der Waals surface area contributed by atoms with Gasteiger partial charge < -0.3 is 11.1 Å². The van der Waals surface area contributed by atoms with Gasteiger partial charge in [-0.3, -0.25) is 4.79 Å². The van der Waals surface area contributed by atoms with E-state index in [1.54, 1.807) is 0 Å². The summed E-state index contributed by atoms with van der Waals surface area (Å²) in [6.45, 7) is 1.02. The van der Waals surface area contributed by atoms with Crippen LogP contribution in [0.3, 0.4) is 0 Å². The highest BCUT2D eigenvalue weighted by atomic mass is 32.2. The molecule has 106 valence electrons. The molecule has 1 rings (SSSR count). The van der Waals surface area contributed by atoms with Gasteiger partial charge in [0, 0.05) is 19.8 Å². The number of amides is 1. The predicted molar refractivity (Wildman–Crippen MR) is 69.4 cm³/mol. The molecule has 0 fully saturated rings. The summed E-state index contributed by atoms with van der Waals surface area (Å²) >= 11 is 0. The Kier molecular flexibility index (Phi) is 4.48. The van der Waals surface area contributed by atoms with Gasteiger partial charge in [0.1, 0.15) is 10.7 Å². The molecule has 3 N–H and O–H groups in total. The normalized spacial score (nSPS) is 11.6. The first kappa shape index (κ1) is 15.4. The van der Waals surface area contributed by atoms with Crippen molar-refractivity contribution in [2.75, 3.05) is 26.4 Å². The summed E-state index contributed by atoms with van der Waals surface area (Å²) in [6, 6.07) is 2.38. The van der Waals surface area contributed by atoms with E-state index in [0.717, 1.165) is 10.4 Å². The van der Waals surface area contributed by atoms with Gasteiger partial charge >= 0.3 is 0 Å². The number of carbonyl (C=O) groups excluding carboxylic acids is 1. The first-order chi connectivity index (χ1) is 8.70. The molecule has 1 amide bonds. The molecule has 0 spiro atoms. The third-order valence-electron chi connectivity index (χ3n) is 2.58. The largest absolute Gasteiger partial charge is 0.399 e. The first-order valence-electron chi connectivity index (χ1n) is 5.42. The lowest BCUT2D eigenvalue weighted by Crippen LogP contribution is -2.37. The summed E-state index contributed by atoms with van der Waals surface area (Å²) in [4.78, 5) is 10.7. The molecule has 1 aromatic rings. The minimum atomic E-state index is -4.10. The molecule has 1 aromatic carbocycles. The van der Waals surface area contributed by atoms with Crippen molar-refractivity contribution in [3.8, 4) is 0 Å². The summed E-state index contributed by atoms with van der Waals surface area (Å²) in [5.74, 6) is -1.36. The van der Waals surface area contributed by atoms with Crippen LogP contribution < -0.4 is 11.1 Å². The van der Waals surface area contributed by atoms with E-state index >= 15 is 0 Å². The van der Waals surface area contributed by atoms with Gasteiger partial charge in [0.25, 0.3) is 0 Å². The van der Waals surface area contributed by atoms with E-state index in [4.69, 9.17) is 5.73 Å². The van der Waals surface area contributed by atoms with Crippen LogP contribution in [0.25, 0.3) is 0 Å². The highest BCUT2D eigenvalue weighted by molar-refractivity contribution is 7.89. The van der Waals surface area contributed by atoms with Gasteiger partial charge in [-0.1, -0.05) is 0 Å². The second kappa shape index (κ2) is 5.54. The zero-order chi connectivity index (χ0) is 14.8. The number of aryl methyl sites for hydroxylation is 1. The third kappa shape index (κ3) is 3.21. The molecule has 0 radical (unpaired) electrons. The molecule has 0 saturated carbocycles. The standard InChI is InChI=1S/C11H16FN3O3S/c1-7-4-8(13)5-9(11(7)12)19(17,18)15(3)6-10(16)14-2/h4-5H,6,13H2,1-3H3,(H,14,16). The van der Waals surface area contributed by atoms with Gasteiger partial charge in [-0.15, -0.1) is 0 Å². The van der Waals surface area contributed by atoms with Crippen molar-refractivity contribution in [1.29, 1.82) is 0 Å². The fourth-order valence-corrected chi connectivity index (χ4v) is 2.78. The Bertz CT molecular complexity index is 601. The molecular weight excluding hydrogens is 273 g/mol. The van der Waals surface area contributed by atoms with Crippen molar-refractivity contribution in [2.45, 2.75) is 11.8 Å². The van der Waals surface area contributed by atoms with Gasteiger partial charge in [-0.2, -0.15) is 4.31 Å². The van der Waals surface area contributed by atoms with Gasteiger partial charge in [0.2, 0.25) is 15.9 Å². The van der Waals surface area contributed by atoms with Gasteiger partial charge in [0.05, 0.1) is 6.54 Å². The number of likely N-dealkylation sites (N-methyl/N-ethyl adjacent to an activating group) is 2. The van der Waals surface area contributed by atoms with E-state index in [1.165, 1.54) is 27.1 Å². The van der Waals surface area contributed by atoms with Crippen LogP contribution in [0.1, 0.15) is 5.56 Å². The maximum Gasteiger partial charge on any atom is 0.246 e. The van der Waals surface area contributed by atoms with Crippen molar-refractivity contribution in [3.63, 3.8) is 0 Å². The van der Waals surface area contributed by atoms with Crippen LogP contribution in [0.4, 0.5) is 10.1 Å². The Hall–Kier alpha value is -1.67. The quantitative estimate of drug-likeness (QED) is 0.768. The second-order valence-electron chi connectivity index (χ2n) is 4.08. The predicted octanol–water partition coefficient (Wildman–Crippen LogP) is 0.0828. The molecule has 19 heavy (non-hydrogen) atoms.